The molecule has 0 aromatic heterocycles. The minimum atomic E-state index is -0.453. The molecule has 3 rings (SSSR count). The predicted molar refractivity (Wildman–Crippen MR) is 79.0 cm³/mol. The Kier molecular flexibility index (Phi) is 3.68. The molecular weight excluding hydrogens is 268 g/mol. The van der Waals surface area contributed by atoms with Crippen LogP contribution in [0.3, 0.4) is 0 Å². The molecule has 0 saturated carbocycles. The average Bonchev–Trinajstić information content (AvgIpc) is 3.11. The van der Waals surface area contributed by atoms with Gasteiger partial charge in [-0.3, -0.25) is 9.59 Å². The molecule has 1 N–H and O–H groups in total. The van der Waals surface area contributed by atoms with Crippen molar-refractivity contribution in [3.05, 3.63) is 29.8 Å². The van der Waals surface area contributed by atoms with E-state index in [1.807, 2.05) is 24.3 Å². The van der Waals surface area contributed by atoms with Gasteiger partial charge in [-0.1, -0.05) is 25.1 Å². The Balaban J connectivity index is 1.76. The molecule has 5 nitrogen and oxygen atoms in total. The molecule has 2 heterocycles. The fourth-order valence-electron chi connectivity index (χ4n) is 3.23. The fraction of sp³-hybridized carbons (Fsp3) is 0.500. The molecule has 1 aromatic rings. The van der Waals surface area contributed by atoms with Crippen molar-refractivity contribution in [3.8, 4) is 0 Å². The number of para-hydroxylation sites is 1. The van der Waals surface area contributed by atoms with E-state index in [9.17, 15) is 9.59 Å². The number of carbonyl (C=O) groups is 2. The van der Waals surface area contributed by atoms with Crippen molar-refractivity contribution in [2.45, 2.75) is 19.3 Å². The Labute approximate surface area is 124 Å². The summed E-state index contributed by atoms with van der Waals surface area (Å²) >= 11 is 0. The summed E-state index contributed by atoms with van der Waals surface area (Å²) in [6, 6.07) is 7.75. The van der Waals surface area contributed by atoms with Gasteiger partial charge in [0.25, 0.3) is 0 Å². The summed E-state index contributed by atoms with van der Waals surface area (Å²) in [7, 11) is 0. The van der Waals surface area contributed by atoms with E-state index in [0.29, 0.717) is 19.6 Å². The highest BCUT2D eigenvalue weighted by Gasteiger charge is 2.36. The van der Waals surface area contributed by atoms with Crippen LogP contribution >= 0.6 is 0 Å². The lowest BCUT2D eigenvalue weighted by Gasteiger charge is -2.21. The Bertz CT molecular complexity index is 572. The maximum atomic E-state index is 12.5. The van der Waals surface area contributed by atoms with Crippen molar-refractivity contribution in [1.29, 1.82) is 0 Å². The zero-order chi connectivity index (χ0) is 15.0. The maximum Gasteiger partial charge on any atom is 0.316 e. The van der Waals surface area contributed by atoms with Gasteiger partial charge >= 0.3 is 11.8 Å². The highest BCUT2D eigenvalue weighted by atomic mass is 16.3. The Hall–Kier alpha value is -1.88. The molecule has 112 valence electrons. The standard InChI is InChI=1S/C16H20N2O3/c1-11-8-18(14-5-3-2-4-13(11)14)16(21)15(20)17-7-6-12(9-17)10-19/h2-5,11-12,19H,6-10H2,1H3. The number of fused-ring (bicyclic) bond motifs is 1. The summed E-state index contributed by atoms with van der Waals surface area (Å²) < 4.78 is 0. The van der Waals surface area contributed by atoms with E-state index in [-0.39, 0.29) is 18.4 Å². The first kappa shape index (κ1) is 14.1. The molecule has 2 unspecified atom stereocenters. The molecule has 2 amide bonds. The molecule has 2 aliphatic rings. The number of hydrogen-bond acceptors (Lipinski definition) is 3. The first-order valence-corrected chi connectivity index (χ1v) is 7.42. The number of likely N-dealkylation sites (tertiary alicyclic amines) is 1. The molecule has 2 atom stereocenters. The SMILES string of the molecule is CC1CN(C(=O)C(=O)N2CCC(CO)C2)c2ccccc21. The zero-order valence-corrected chi connectivity index (χ0v) is 12.2. The Morgan fingerprint density at radius 3 is 2.71 bits per heavy atom. The van der Waals surface area contributed by atoms with E-state index in [4.69, 9.17) is 5.11 Å². The third kappa shape index (κ3) is 2.42. The van der Waals surface area contributed by atoms with E-state index in [0.717, 1.165) is 17.7 Å². The minimum absolute atomic E-state index is 0.0710. The third-order valence-corrected chi connectivity index (χ3v) is 4.47. The lowest BCUT2D eigenvalue weighted by molar-refractivity contribution is -0.143. The van der Waals surface area contributed by atoms with Gasteiger partial charge in [0.2, 0.25) is 0 Å². The number of benzene rings is 1. The molecule has 0 bridgehead atoms. The van der Waals surface area contributed by atoms with Gasteiger partial charge in [-0.2, -0.15) is 0 Å². The fourth-order valence-corrected chi connectivity index (χ4v) is 3.23. The molecule has 5 heteroatoms. The number of aliphatic hydroxyl groups is 1. The lowest BCUT2D eigenvalue weighted by Crippen LogP contribution is -2.44. The number of anilines is 1. The van der Waals surface area contributed by atoms with Crippen LogP contribution in [0.15, 0.2) is 24.3 Å². The van der Waals surface area contributed by atoms with E-state index < -0.39 is 11.8 Å². The Morgan fingerprint density at radius 2 is 2.00 bits per heavy atom. The summed E-state index contributed by atoms with van der Waals surface area (Å²) in [6.45, 7) is 3.73. The van der Waals surface area contributed by atoms with Crippen LogP contribution in [0.4, 0.5) is 5.69 Å². The van der Waals surface area contributed by atoms with Gasteiger partial charge < -0.3 is 14.9 Å². The van der Waals surface area contributed by atoms with E-state index in [2.05, 4.69) is 6.92 Å². The first-order chi connectivity index (χ1) is 10.1. The van der Waals surface area contributed by atoms with Gasteiger partial charge in [0, 0.05) is 43.8 Å². The summed E-state index contributed by atoms with van der Waals surface area (Å²) in [5, 5.41) is 9.15. The monoisotopic (exact) mass is 288 g/mol. The largest absolute Gasteiger partial charge is 0.396 e. The molecular formula is C16H20N2O3. The van der Waals surface area contributed by atoms with Crippen molar-refractivity contribution in [2.24, 2.45) is 5.92 Å². The summed E-state index contributed by atoms with van der Waals surface area (Å²) in [6.07, 6.45) is 0.766. The van der Waals surface area contributed by atoms with E-state index in [1.165, 1.54) is 0 Å². The quantitative estimate of drug-likeness (QED) is 0.784. The van der Waals surface area contributed by atoms with Crippen LogP contribution in [-0.4, -0.2) is 48.1 Å². The highest BCUT2D eigenvalue weighted by molar-refractivity contribution is 6.40. The lowest BCUT2D eigenvalue weighted by atomic mass is 10.0. The van der Waals surface area contributed by atoms with E-state index in [1.54, 1.807) is 9.80 Å². The second-order valence-corrected chi connectivity index (χ2v) is 5.96. The van der Waals surface area contributed by atoms with Crippen molar-refractivity contribution < 1.29 is 14.7 Å². The molecule has 21 heavy (non-hydrogen) atoms. The average molecular weight is 288 g/mol. The van der Waals surface area contributed by atoms with Crippen molar-refractivity contribution in [2.75, 3.05) is 31.1 Å². The molecule has 1 aromatic carbocycles. The van der Waals surface area contributed by atoms with Crippen LogP contribution in [0.5, 0.6) is 0 Å². The normalized spacial score (nSPS) is 24.3. The summed E-state index contributed by atoms with van der Waals surface area (Å²) in [5.74, 6) is -0.548. The van der Waals surface area contributed by atoms with Gasteiger partial charge in [-0.25, -0.2) is 0 Å². The Morgan fingerprint density at radius 1 is 1.24 bits per heavy atom. The molecule has 0 aliphatic carbocycles. The van der Waals surface area contributed by atoms with Gasteiger partial charge in [0.05, 0.1) is 0 Å². The number of amides is 2. The van der Waals surface area contributed by atoms with Crippen LogP contribution < -0.4 is 4.90 Å². The maximum absolute atomic E-state index is 12.5. The first-order valence-electron chi connectivity index (χ1n) is 7.42. The minimum Gasteiger partial charge on any atom is -0.396 e. The van der Waals surface area contributed by atoms with Crippen molar-refractivity contribution in [1.82, 2.24) is 4.90 Å². The second-order valence-electron chi connectivity index (χ2n) is 5.96. The smallest absolute Gasteiger partial charge is 0.316 e. The van der Waals surface area contributed by atoms with Crippen LogP contribution in [0.1, 0.15) is 24.8 Å². The molecule has 1 fully saturated rings. The zero-order valence-electron chi connectivity index (χ0n) is 12.2. The van der Waals surface area contributed by atoms with Crippen molar-refractivity contribution >= 4 is 17.5 Å². The topological polar surface area (TPSA) is 60.9 Å². The van der Waals surface area contributed by atoms with Crippen molar-refractivity contribution in [3.63, 3.8) is 0 Å². The number of nitrogens with zero attached hydrogens (tertiary/aromatic N) is 2. The van der Waals surface area contributed by atoms with Crippen LogP contribution in [0, 0.1) is 5.92 Å². The van der Waals surface area contributed by atoms with Gasteiger partial charge in [0.15, 0.2) is 0 Å². The highest BCUT2D eigenvalue weighted by Crippen LogP contribution is 2.35. The summed E-state index contributed by atoms with van der Waals surface area (Å²) in [4.78, 5) is 28.0. The molecule has 0 radical (unpaired) electrons. The van der Waals surface area contributed by atoms with Crippen LogP contribution in [-0.2, 0) is 9.59 Å². The number of hydrogen-bond donors (Lipinski definition) is 1. The van der Waals surface area contributed by atoms with E-state index >= 15 is 0 Å². The van der Waals surface area contributed by atoms with Gasteiger partial charge in [0.1, 0.15) is 0 Å². The summed E-state index contributed by atoms with van der Waals surface area (Å²) in [5.41, 5.74) is 1.97. The second kappa shape index (κ2) is 5.48. The molecule has 0 spiro atoms. The molecule has 1 saturated heterocycles. The molecule has 2 aliphatic heterocycles. The van der Waals surface area contributed by atoms with Gasteiger partial charge in [-0.05, 0) is 18.1 Å². The van der Waals surface area contributed by atoms with Crippen LogP contribution in [0.25, 0.3) is 0 Å². The van der Waals surface area contributed by atoms with Crippen LogP contribution in [0.2, 0.25) is 0 Å². The predicted octanol–water partition coefficient (Wildman–Crippen LogP) is 0.977. The third-order valence-electron chi connectivity index (χ3n) is 4.47. The number of carbonyl (C=O) groups excluding carboxylic acids is 2. The number of aliphatic hydroxyl groups excluding tert-OH is 1. The number of rotatable bonds is 1. The van der Waals surface area contributed by atoms with Gasteiger partial charge in [-0.15, -0.1) is 0 Å².